The molecular weight excluding hydrogens is 353 g/mol. The van der Waals surface area contributed by atoms with E-state index in [0.29, 0.717) is 17.7 Å². The van der Waals surface area contributed by atoms with E-state index in [1.807, 2.05) is 0 Å². The Morgan fingerprint density at radius 3 is 2.17 bits per heavy atom. The summed E-state index contributed by atoms with van der Waals surface area (Å²) in [5.74, 6) is -3.08. The fourth-order valence-corrected chi connectivity index (χ4v) is 2.27. The van der Waals surface area contributed by atoms with Crippen LogP contribution in [-0.2, 0) is 12.7 Å². The van der Waals surface area contributed by atoms with Crippen LogP contribution in [0.3, 0.4) is 0 Å². The van der Waals surface area contributed by atoms with Crippen molar-refractivity contribution in [3.05, 3.63) is 69.7 Å². The molecule has 128 valence electrons. The second-order valence-corrected chi connectivity index (χ2v) is 5.51. The SMILES string of the molecule is CN(Cc1ccc(C(F)(F)F)cc1)C(=O)c1cc(F)c(F)cc1Cl. The van der Waals surface area contributed by atoms with Crippen LogP contribution in [-0.4, -0.2) is 17.9 Å². The first-order chi connectivity index (χ1) is 11.1. The predicted molar refractivity (Wildman–Crippen MR) is 78.6 cm³/mol. The number of halogens is 6. The third-order valence-electron chi connectivity index (χ3n) is 3.29. The van der Waals surface area contributed by atoms with Crippen molar-refractivity contribution < 1.29 is 26.7 Å². The van der Waals surface area contributed by atoms with Gasteiger partial charge in [-0.15, -0.1) is 0 Å². The molecule has 2 aromatic rings. The zero-order valence-electron chi connectivity index (χ0n) is 12.3. The van der Waals surface area contributed by atoms with E-state index < -0.39 is 29.3 Å². The molecule has 0 radical (unpaired) electrons. The molecule has 0 bridgehead atoms. The fourth-order valence-electron chi connectivity index (χ4n) is 2.04. The normalized spacial score (nSPS) is 11.5. The average molecular weight is 364 g/mol. The molecule has 0 aliphatic rings. The van der Waals surface area contributed by atoms with Crippen molar-refractivity contribution >= 4 is 17.5 Å². The lowest BCUT2D eigenvalue weighted by Crippen LogP contribution is -2.26. The van der Waals surface area contributed by atoms with Gasteiger partial charge >= 0.3 is 6.18 Å². The van der Waals surface area contributed by atoms with Crippen molar-refractivity contribution in [3.8, 4) is 0 Å². The summed E-state index contributed by atoms with van der Waals surface area (Å²) in [7, 11) is 1.37. The van der Waals surface area contributed by atoms with Crippen molar-refractivity contribution in [2.45, 2.75) is 12.7 Å². The van der Waals surface area contributed by atoms with E-state index in [1.54, 1.807) is 0 Å². The molecule has 24 heavy (non-hydrogen) atoms. The predicted octanol–water partition coefficient (Wildman–Crippen LogP) is 4.91. The van der Waals surface area contributed by atoms with E-state index in [-0.39, 0.29) is 17.1 Å². The Labute approximate surface area is 139 Å². The quantitative estimate of drug-likeness (QED) is 0.560. The number of amides is 1. The fraction of sp³-hybridized carbons (Fsp3) is 0.188. The molecule has 2 rings (SSSR count). The van der Waals surface area contributed by atoms with Crippen LogP contribution in [0.4, 0.5) is 22.0 Å². The Balaban J connectivity index is 2.16. The summed E-state index contributed by atoms with van der Waals surface area (Å²) in [6, 6.07) is 5.65. The van der Waals surface area contributed by atoms with Crippen LogP contribution >= 0.6 is 11.6 Å². The van der Waals surface area contributed by atoms with Gasteiger partial charge in [-0.3, -0.25) is 4.79 Å². The Hall–Kier alpha value is -2.15. The number of hydrogen-bond donors (Lipinski definition) is 0. The first-order valence-corrected chi connectivity index (χ1v) is 7.03. The summed E-state index contributed by atoms with van der Waals surface area (Å²) >= 11 is 5.74. The summed E-state index contributed by atoms with van der Waals surface area (Å²) in [6.07, 6.45) is -4.45. The summed E-state index contributed by atoms with van der Waals surface area (Å²) in [5.41, 5.74) is -0.591. The van der Waals surface area contributed by atoms with Crippen LogP contribution in [0.2, 0.25) is 5.02 Å². The Bertz CT molecular complexity index is 758. The molecule has 0 heterocycles. The zero-order chi connectivity index (χ0) is 18.1. The van der Waals surface area contributed by atoms with Crippen molar-refractivity contribution in [1.29, 1.82) is 0 Å². The highest BCUT2D eigenvalue weighted by Crippen LogP contribution is 2.29. The van der Waals surface area contributed by atoms with Gasteiger partial charge in [-0.2, -0.15) is 13.2 Å². The monoisotopic (exact) mass is 363 g/mol. The van der Waals surface area contributed by atoms with Crippen molar-refractivity contribution in [1.82, 2.24) is 4.90 Å². The standard InChI is InChI=1S/C16H11ClF5NO/c1-23(8-9-2-4-10(5-3-9)16(20,21)22)15(24)11-6-13(18)14(19)7-12(11)17/h2-7H,8H2,1H3. The molecule has 0 fully saturated rings. The first kappa shape index (κ1) is 18.2. The van der Waals surface area contributed by atoms with Crippen molar-refractivity contribution in [2.75, 3.05) is 7.05 Å². The highest BCUT2D eigenvalue weighted by Gasteiger charge is 2.30. The van der Waals surface area contributed by atoms with E-state index in [4.69, 9.17) is 11.6 Å². The van der Waals surface area contributed by atoms with Gasteiger partial charge in [0, 0.05) is 13.6 Å². The summed E-state index contributed by atoms with van der Waals surface area (Å²) in [4.78, 5) is 13.4. The lowest BCUT2D eigenvalue weighted by atomic mass is 10.1. The molecule has 0 saturated carbocycles. The van der Waals surface area contributed by atoms with E-state index in [0.717, 1.165) is 17.0 Å². The minimum absolute atomic E-state index is 0.0215. The number of nitrogens with zero attached hydrogens (tertiary/aromatic N) is 1. The summed E-state index contributed by atoms with van der Waals surface area (Å²) in [6.45, 7) is -0.0215. The van der Waals surface area contributed by atoms with Crippen LogP contribution in [0.1, 0.15) is 21.5 Å². The molecule has 0 spiro atoms. The highest BCUT2D eigenvalue weighted by molar-refractivity contribution is 6.33. The molecule has 0 N–H and O–H groups in total. The van der Waals surface area contributed by atoms with Crippen LogP contribution in [0.25, 0.3) is 0 Å². The Morgan fingerprint density at radius 2 is 1.62 bits per heavy atom. The van der Waals surface area contributed by atoms with Crippen molar-refractivity contribution in [3.63, 3.8) is 0 Å². The van der Waals surface area contributed by atoms with Gasteiger partial charge in [0.05, 0.1) is 16.1 Å². The molecule has 2 aromatic carbocycles. The van der Waals surface area contributed by atoms with E-state index >= 15 is 0 Å². The number of benzene rings is 2. The number of carbonyl (C=O) groups is 1. The number of alkyl halides is 3. The second-order valence-electron chi connectivity index (χ2n) is 5.10. The molecule has 1 amide bonds. The third-order valence-corrected chi connectivity index (χ3v) is 3.60. The number of carbonyl (C=O) groups excluding carboxylic acids is 1. The molecule has 0 aliphatic heterocycles. The maximum atomic E-state index is 13.3. The van der Waals surface area contributed by atoms with E-state index in [1.165, 1.54) is 19.2 Å². The van der Waals surface area contributed by atoms with Gasteiger partial charge < -0.3 is 4.90 Å². The minimum Gasteiger partial charge on any atom is -0.337 e. The van der Waals surface area contributed by atoms with Crippen LogP contribution < -0.4 is 0 Å². The van der Waals surface area contributed by atoms with Gasteiger partial charge in [0.15, 0.2) is 11.6 Å². The van der Waals surface area contributed by atoms with Gasteiger partial charge in [0.1, 0.15) is 0 Å². The first-order valence-electron chi connectivity index (χ1n) is 6.65. The maximum Gasteiger partial charge on any atom is 0.416 e. The van der Waals surface area contributed by atoms with Crippen molar-refractivity contribution in [2.24, 2.45) is 0 Å². The van der Waals surface area contributed by atoms with Gasteiger partial charge in [-0.05, 0) is 29.8 Å². The lowest BCUT2D eigenvalue weighted by Gasteiger charge is -2.18. The third kappa shape index (κ3) is 4.03. The van der Waals surface area contributed by atoms with Gasteiger partial charge in [0.25, 0.3) is 5.91 Å². The van der Waals surface area contributed by atoms with Gasteiger partial charge in [-0.25, -0.2) is 8.78 Å². The molecule has 0 unspecified atom stereocenters. The molecule has 0 aromatic heterocycles. The number of hydrogen-bond acceptors (Lipinski definition) is 1. The Morgan fingerprint density at radius 1 is 1.08 bits per heavy atom. The molecule has 0 saturated heterocycles. The smallest absolute Gasteiger partial charge is 0.337 e. The summed E-state index contributed by atoms with van der Waals surface area (Å²) in [5, 5.41) is -0.252. The number of rotatable bonds is 3. The molecule has 8 heteroatoms. The van der Waals surface area contributed by atoms with Crippen LogP contribution in [0.15, 0.2) is 36.4 Å². The molecule has 0 atom stereocenters. The average Bonchev–Trinajstić information content (AvgIpc) is 2.50. The second kappa shape index (κ2) is 6.76. The lowest BCUT2D eigenvalue weighted by molar-refractivity contribution is -0.137. The van der Waals surface area contributed by atoms with Gasteiger partial charge in [-0.1, -0.05) is 23.7 Å². The van der Waals surface area contributed by atoms with Crippen LogP contribution in [0.5, 0.6) is 0 Å². The largest absolute Gasteiger partial charge is 0.416 e. The summed E-state index contributed by atoms with van der Waals surface area (Å²) < 4.78 is 63.8. The topological polar surface area (TPSA) is 20.3 Å². The van der Waals surface area contributed by atoms with E-state index in [9.17, 15) is 26.7 Å². The van der Waals surface area contributed by atoms with E-state index in [2.05, 4.69) is 0 Å². The molecule has 2 nitrogen and oxygen atoms in total. The van der Waals surface area contributed by atoms with Gasteiger partial charge in [0.2, 0.25) is 0 Å². The molecular formula is C16H11ClF5NO. The van der Waals surface area contributed by atoms with Crippen LogP contribution in [0, 0.1) is 11.6 Å². The highest BCUT2D eigenvalue weighted by atomic mass is 35.5. The Kier molecular flexibility index (Phi) is 5.13. The maximum absolute atomic E-state index is 13.3. The minimum atomic E-state index is -4.45. The zero-order valence-corrected chi connectivity index (χ0v) is 13.1. The molecule has 0 aliphatic carbocycles.